The Morgan fingerprint density at radius 1 is 0.905 bits per heavy atom. The fraction of sp³-hybridized carbons (Fsp3) is 0.357. The zero-order valence-corrected chi connectivity index (χ0v) is 13.2. The topological polar surface area (TPSA) is 62.7 Å². The largest absolute Gasteiger partial charge is 0.354 e. The van der Waals surface area contributed by atoms with Gasteiger partial charge < -0.3 is 10.6 Å². The van der Waals surface area contributed by atoms with E-state index >= 15 is 0 Å². The average Bonchev–Trinajstić information content (AvgIpc) is 2.47. The molecule has 2 aromatic rings. The number of hydrogen-bond donors (Lipinski definition) is 2. The molecule has 0 amide bonds. The maximum atomic E-state index is 5.89. The third-order valence-electron chi connectivity index (χ3n) is 2.75. The summed E-state index contributed by atoms with van der Waals surface area (Å²) in [6, 6.07) is 7.75. The maximum absolute atomic E-state index is 5.89. The molecule has 112 valence electrons. The summed E-state index contributed by atoms with van der Waals surface area (Å²) >= 11 is 11.7. The Morgan fingerprint density at radius 2 is 1.52 bits per heavy atom. The van der Waals surface area contributed by atoms with Crippen LogP contribution in [-0.2, 0) is 6.42 Å². The molecule has 0 atom stereocenters. The average molecular weight is 326 g/mol. The summed E-state index contributed by atoms with van der Waals surface area (Å²) in [5.74, 6) is 0.966. The first-order valence-corrected chi connectivity index (χ1v) is 7.56. The van der Waals surface area contributed by atoms with Crippen molar-refractivity contribution < 1.29 is 0 Å². The Kier molecular flexibility index (Phi) is 6.02. The van der Waals surface area contributed by atoms with E-state index in [0.29, 0.717) is 18.4 Å². The van der Waals surface area contributed by atoms with E-state index in [1.807, 2.05) is 24.3 Å². The molecule has 5 nitrogen and oxygen atoms in total. The van der Waals surface area contributed by atoms with E-state index in [2.05, 4.69) is 32.5 Å². The minimum Gasteiger partial charge on any atom is -0.354 e. The Morgan fingerprint density at radius 3 is 2.14 bits per heavy atom. The van der Waals surface area contributed by atoms with Gasteiger partial charge in [0.15, 0.2) is 0 Å². The molecular weight excluding hydrogens is 309 g/mol. The molecule has 0 aliphatic rings. The van der Waals surface area contributed by atoms with Crippen LogP contribution < -0.4 is 10.6 Å². The monoisotopic (exact) mass is 325 g/mol. The second-order valence-corrected chi connectivity index (χ2v) is 5.26. The summed E-state index contributed by atoms with van der Waals surface area (Å²) in [6.45, 7) is 3.57. The van der Waals surface area contributed by atoms with Gasteiger partial charge >= 0.3 is 0 Å². The molecule has 0 saturated heterocycles. The number of halogens is 2. The predicted octanol–water partition coefficient (Wildman–Crippen LogP) is 3.65. The lowest BCUT2D eigenvalue weighted by molar-refractivity contribution is 0.925. The van der Waals surface area contributed by atoms with Crippen LogP contribution in [0.4, 0.5) is 11.9 Å². The summed E-state index contributed by atoms with van der Waals surface area (Å²) in [4.78, 5) is 12.3. The SMILES string of the molecule is CCCNc1nc(Cl)nc(NCCc2ccc(Cl)cc2)n1. The van der Waals surface area contributed by atoms with Crippen LogP contribution in [0.3, 0.4) is 0 Å². The standard InChI is InChI=1S/C14H17Cl2N5/c1-2-8-17-13-19-12(16)20-14(21-13)18-9-7-10-3-5-11(15)6-4-10/h3-6H,2,7-9H2,1H3,(H2,17,18,19,20,21). The van der Waals surface area contributed by atoms with E-state index in [0.717, 1.165) is 24.4 Å². The molecule has 0 radical (unpaired) electrons. The smallest absolute Gasteiger partial charge is 0.228 e. The second kappa shape index (κ2) is 8.00. The highest BCUT2D eigenvalue weighted by Crippen LogP contribution is 2.11. The van der Waals surface area contributed by atoms with Crippen LogP contribution in [-0.4, -0.2) is 28.0 Å². The van der Waals surface area contributed by atoms with Crippen LogP contribution in [0.15, 0.2) is 24.3 Å². The van der Waals surface area contributed by atoms with Gasteiger partial charge in [-0.3, -0.25) is 0 Å². The third kappa shape index (κ3) is 5.36. The van der Waals surface area contributed by atoms with Gasteiger partial charge in [0.1, 0.15) is 0 Å². The second-order valence-electron chi connectivity index (χ2n) is 4.48. The molecule has 0 spiro atoms. The first kappa shape index (κ1) is 15.8. The van der Waals surface area contributed by atoms with Crippen molar-refractivity contribution in [2.45, 2.75) is 19.8 Å². The van der Waals surface area contributed by atoms with Crippen molar-refractivity contribution in [3.8, 4) is 0 Å². The lowest BCUT2D eigenvalue weighted by Crippen LogP contribution is -2.11. The number of hydrogen-bond acceptors (Lipinski definition) is 5. The van der Waals surface area contributed by atoms with Gasteiger partial charge in [-0.1, -0.05) is 30.7 Å². The van der Waals surface area contributed by atoms with Crippen LogP contribution in [0.25, 0.3) is 0 Å². The number of rotatable bonds is 7. The minimum absolute atomic E-state index is 0.178. The quantitative estimate of drug-likeness (QED) is 0.813. The molecule has 0 bridgehead atoms. The summed E-state index contributed by atoms with van der Waals surface area (Å²) in [6.07, 6.45) is 1.83. The van der Waals surface area contributed by atoms with Crippen LogP contribution in [0.5, 0.6) is 0 Å². The van der Waals surface area contributed by atoms with Crippen LogP contribution in [0, 0.1) is 0 Å². The molecule has 0 aliphatic carbocycles. The molecule has 0 fully saturated rings. The zero-order valence-electron chi connectivity index (χ0n) is 11.7. The fourth-order valence-electron chi connectivity index (χ4n) is 1.71. The number of aromatic nitrogens is 3. The fourth-order valence-corrected chi connectivity index (χ4v) is 2.00. The van der Waals surface area contributed by atoms with Crippen molar-refractivity contribution in [3.63, 3.8) is 0 Å². The molecule has 0 unspecified atom stereocenters. The Bertz CT molecular complexity index is 574. The maximum Gasteiger partial charge on any atom is 0.228 e. The first-order chi connectivity index (χ1) is 10.2. The van der Waals surface area contributed by atoms with Gasteiger partial charge in [-0.2, -0.15) is 15.0 Å². The highest BCUT2D eigenvalue weighted by Gasteiger charge is 2.04. The molecular formula is C14H17Cl2N5. The predicted molar refractivity (Wildman–Crippen MR) is 87.3 cm³/mol. The normalized spacial score (nSPS) is 10.4. The van der Waals surface area contributed by atoms with Gasteiger partial charge in [0, 0.05) is 18.1 Å². The summed E-state index contributed by atoms with van der Waals surface area (Å²) < 4.78 is 0. The van der Waals surface area contributed by atoms with E-state index in [1.165, 1.54) is 5.56 Å². The highest BCUT2D eigenvalue weighted by molar-refractivity contribution is 6.30. The van der Waals surface area contributed by atoms with Crippen molar-refractivity contribution in [2.24, 2.45) is 0 Å². The van der Waals surface area contributed by atoms with Crippen molar-refractivity contribution in [1.29, 1.82) is 0 Å². The van der Waals surface area contributed by atoms with Crippen LogP contribution >= 0.6 is 23.2 Å². The first-order valence-electron chi connectivity index (χ1n) is 6.81. The summed E-state index contributed by atoms with van der Waals surface area (Å²) in [5.41, 5.74) is 1.19. The number of anilines is 2. The Hall–Kier alpha value is -1.59. The zero-order chi connectivity index (χ0) is 15.1. The van der Waals surface area contributed by atoms with E-state index in [1.54, 1.807) is 0 Å². The molecule has 1 heterocycles. The van der Waals surface area contributed by atoms with Crippen molar-refractivity contribution in [2.75, 3.05) is 23.7 Å². The van der Waals surface area contributed by atoms with Gasteiger partial charge in [-0.15, -0.1) is 0 Å². The lowest BCUT2D eigenvalue weighted by atomic mass is 10.1. The summed E-state index contributed by atoms with van der Waals surface area (Å²) in [7, 11) is 0. The Labute approximate surface area is 134 Å². The Balaban J connectivity index is 1.90. The molecule has 7 heteroatoms. The highest BCUT2D eigenvalue weighted by atomic mass is 35.5. The van der Waals surface area contributed by atoms with E-state index in [4.69, 9.17) is 23.2 Å². The molecule has 0 aliphatic heterocycles. The number of benzene rings is 1. The number of nitrogens with zero attached hydrogens (tertiary/aromatic N) is 3. The molecule has 2 rings (SSSR count). The molecule has 21 heavy (non-hydrogen) atoms. The molecule has 2 N–H and O–H groups in total. The van der Waals surface area contributed by atoms with Gasteiger partial charge in [-0.25, -0.2) is 0 Å². The summed E-state index contributed by atoms with van der Waals surface area (Å²) in [5, 5.41) is 7.15. The van der Waals surface area contributed by atoms with Gasteiger partial charge in [0.05, 0.1) is 0 Å². The van der Waals surface area contributed by atoms with Gasteiger partial charge in [0.25, 0.3) is 0 Å². The van der Waals surface area contributed by atoms with E-state index < -0.39 is 0 Å². The third-order valence-corrected chi connectivity index (χ3v) is 3.17. The van der Waals surface area contributed by atoms with Gasteiger partial charge in [0.2, 0.25) is 17.2 Å². The van der Waals surface area contributed by atoms with Crippen LogP contribution in [0.2, 0.25) is 10.3 Å². The molecule has 0 saturated carbocycles. The number of nitrogens with one attached hydrogen (secondary N) is 2. The lowest BCUT2D eigenvalue weighted by Gasteiger charge is -2.08. The molecule has 1 aromatic carbocycles. The van der Waals surface area contributed by atoms with Crippen molar-refractivity contribution in [1.82, 2.24) is 15.0 Å². The van der Waals surface area contributed by atoms with Crippen molar-refractivity contribution in [3.05, 3.63) is 40.1 Å². The van der Waals surface area contributed by atoms with E-state index in [9.17, 15) is 0 Å². The van der Waals surface area contributed by atoms with Crippen LogP contribution in [0.1, 0.15) is 18.9 Å². The molecule has 1 aromatic heterocycles. The minimum atomic E-state index is 0.178. The van der Waals surface area contributed by atoms with E-state index in [-0.39, 0.29) is 5.28 Å². The van der Waals surface area contributed by atoms with Crippen molar-refractivity contribution >= 4 is 35.1 Å². The van der Waals surface area contributed by atoms with Gasteiger partial charge in [-0.05, 0) is 42.1 Å².